The van der Waals surface area contributed by atoms with Crippen molar-refractivity contribution in [2.45, 2.75) is 45.4 Å². The van der Waals surface area contributed by atoms with Gasteiger partial charge < -0.3 is 10.3 Å². The fourth-order valence-corrected chi connectivity index (χ4v) is 2.23. The molecule has 1 aromatic rings. The van der Waals surface area contributed by atoms with Gasteiger partial charge in [-0.25, -0.2) is 10.8 Å². The molecule has 0 unspecified atom stereocenters. The van der Waals surface area contributed by atoms with E-state index in [0.29, 0.717) is 11.7 Å². The van der Waals surface area contributed by atoms with Crippen LogP contribution in [0, 0.1) is 0 Å². The van der Waals surface area contributed by atoms with Crippen LogP contribution in [0.25, 0.3) is 0 Å². The number of nitrogen functional groups attached to an aromatic ring is 1. The Labute approximate surface area is 109 Å². The number of hydrogen-bond acceptors (Lipinski definition) is 5. The second-order valence-corrected chi connectivity index (χ2v) is 5.18. The number of nitrogens with one attached hydrogen (secondary N) is 1. The summed E-state index contributed by atoms with van der Waals surface area (Å²) in [5, 5.41) is 0. The SMILES string of the molecule is CC(C)c1cc(NN)nc(N2CCCCCC2)n1. The van der Waals surface area contributed by atoms with Crippen LogP contribution >= 0.6 is 0 Å². The molecule has 2 heterocycles. The smallest absolute Gasteiger partial charge is 0.227 e. The van der Waals surface area contributed by atoms with Crippen molar-refractivity contribution in [1.29, 1.82) is 0 Å². The van der Waals surface area contributed by atoms with Crippen LogP contribution in [0.4, 0.5) is 11.8 Å². The van der Waals surface area contributed by atoms with Gasteiger partial charge in [0.1, 0.15) is 5.82 Å². The number of anilines is 2. The molecule has 0 bridgehead atoms. The highest BCUT2D eigenvalue weighted by Gasteiger charge is 2.15. The molecule has 5 nitrogen and oxygen atoms in total. The van der Waals surface area contributed by atoms with E-state index in [9.17, 15) is 0 Å². The second kappa shape index (κ2) is 6.00. The van der Waals surface area contributed by atoms with Gasteiger partial charge >= 0.3 is 0 Å². The van der Waals surface area contributed by atoms with Gasteiger partial charge in [-0.05, 0) is 18.8 Å². The molecule has 5 heteroatoms. The third kappa shape index (κ3) is 3.10. The summed E-state index contributed by atoms with van der Waals surface area (Å²) in [6.07, 6.45) is 5.06. The maximum absolute atomic E-state index is 5.49. The predicted molar refractivity (Wildman–Crippen MR) is 74.6 cm³/mol. The second-order valence-electron chi connectivity index (χ2n) is 5.18. The van der Waals surface area contributed by atoms with Gasteiger partial charge in [0, 0.05) is 19.2 Å². The van der Waals surface area contributed by atoms with Gasteiger partial charge in [-0.15, -0.1) is 0 Å². The van der Waals surface area contributed by atoms with E-state index in [1.54, 1.807) is 0 Å². The fraction of sp³-hybridized carbons (Fsp3) is 0.692. The lowest BCUT2D eigenvalue weighted by Crippen LogP contribution is -2.27. The lowest BCUT2D eigenvalue weighted by molar-refractivity contribution is 0.726. The molecule has 0 saturated carbocycles. The Morgan fingerprint density at radius 2 is 1.83 bits per heavy atom. The molecule has 18 heavy (non-hydrogen) atoms. The zero-order chi connectivity index (χ0) is 13.0. The standard InChI is InChI=1S/C13H23N5/c1-10(2)11-9-12(17-14)16-13(15-11)18-7-5-3-4-6-8-18/h9-10H,3-8,14H2,1-2H3,(H,15,16,17). The van der Waals surface area contributed by atoms with E-state index >= 15 is 0 Å². The number of nitrogens with zero attached hydrogens (tertiary/aromatic N) is 3. The molecular weight excluding hydrogens is 226 g/mol. The van der Waals surface area contributed by atoms with Crippen molar-refractivity contribution < 1.29 is 0 Å². The molecule has 0 aliphatic carbocycles. The minimum Gasteiger partial charge on any atom is -0.341 e. The third-order valence-corrected chi connectivity index (χ3v) is 3.36. The molecule has 1 fully saturated rings. The topological polar surface area (TPSA) is 67.1 Å². The average molecular weight is 249 g/mol. The minimum absolute atomic E-state index is 0.380. The van der Waals surface area contributed by atoms with E-state index in [0.717, 1.165) is 24.7 Å². The number of aromatic nitrogens is 2. The summed E-state index contributed by atoms with van der Waals surface area (Å²) in [6.45, 7) is 6.36. The molecule has 3 N–H and O–H groups in total. The summed E-state index contributed by atoms with van der Waals surface area (Å²) < 4.78 is 0. The predicted octanol–water partition coefficient (Wildman–Crippen LogP) is 2.27. The van der Waals surface area contributed by atoms with Gasteiger partial charge in [-0.2, -0.15) is 4.98 Å². The molecule has 1 aromatic heterocycles. The maximum atomic E-state index is 5.49. The van der Waals surface area contributed by atoms with Crippen molar-refractivity contribution in [3.63, 3.8) is 0 Å². The monoisotopic (exact) mass is 249 g/mol. The van der Waals surface area contributed by atoms with Crippen LogP contribution in [0.3, 0.4) is 0 Å². The van der Waals surface area contributed by atoms with Crippen molar-refractivity contribution in [2.24, 2.45) is 5.84 Å². The van der Waals surface area contributed by atoms with Gasteiger partial charge in [-0.1, -0.05) is 26.7 Å². The molecule has 1 saturated heterocycles. The molecule has 100 valence electrons. The maximum Gasteiger partial charge on any atom is 0.227 e. The molecule has 2 rings (SSSR count). The Hall–Kier alpha value is -1.36. The van der Waals surface area contributed by atoms with E-state index in [-0.39, 0.29) is 0 Å². The summed E-state index contributed by atoms with van der Waals surface area (Å²) in [7, 11) is 0. The molecule has 0 atom stereocenters. The Morgan fingerprint density at radius 1 is 1.17 bits per heavy atom. The fourth-order valence-electron chi connectivity index (χ4n) is 2.23. The zero-order valence-electron chi connectivity index (χ0n) is 11.3. The van der Waals surface area contributed by atoms with Crippen LogP contribution in [-0.4, -0.2) is 23.1 Å². The Bertz CT molecular complexity index is 383. The molecule has 1 aliphatic heterocycles. The first kappa shape index (κ1) is 13.1. The van der Waals surface area contributed by atoms with E-state index in [4.69, 9.17) is 5.84 Å². The molecule has 0 amide bonds. The zero-order valence-corrected chi connectivity index (χ0v) is 11.3. The number of hydrogen-bond donors (Lipinski definition) is 2. The van der Waals surface area contributed by atoms with Gasteiger partial charge in [-0.3, -0.25) is 0 Å². The van der Waals surface area contributed by atoms with E-state index in [1.165, 1.54) is 25.7 Å². The molecule has 0 spiro atoms. The largest absolute Gasteiger partial charge is 0.341 e. The normalized spacial score (nSPS) is 16.8. The highest BCUT2D eigenvalue weighted by atomic mass is 15.3. The van der Waals surface area contributed by atoms with Crippen LogP contribution in [0.15, 0.2) is 6.07 Å². The molecule has 1 aliphatic rings. The van der Waals surface area contributed by atoms with Gasteiger partial charge in [0.2, 0.25) is 5.95 Å². The van der Waals surface area contributed by atoms with Crippen LogP contribution < -0.4 is 16.2 Å². The minimum atomic E-state index is 0.380. The summed E-state index contributed by atoms with van der Waals surface area (Å²) in [5.41, 5.74) is 3.68. The van der Waals surface area contributed by atoms with E-state index in [1.807, 2.05) is 6.07 Å². The first-order valence-electron chi connectivity index (χ1n) is 6.81. The first-order chi connectivity index (χ1) is 8.70. The van der Waals surface area contributed by atoms with Crippen LogP contribution in [0.2, 0.25) is 0 Å². The van der Waals surface area contributed by atoms with Crippen molar-refractivity contribution in [2.75, 3.05) is 23.4 Å². The summed E-state index contributed by atoms with van der Waals surface area (Å²) in [5.74, 6) is 7.39. The summed E-state index contributed by atoms with van der Waals surface area (Å²) in [6, 6.07) is 1.92. The Balaban J connectivity index is 2.27. The van der Waals surface area contributed by atoms with Gasteiger partial charge in [0.25, 0.3) is 0 Å². The van der Waals surface area contributed by atoms with Crippen LogP contribution in [0.1, 0.15) is 51.1 Å². The average Bonchev–Trinajstić information content (AvgIpc) is 2.67. The highest BCUT2D eigenvalue weighted by molar-refractivity contribution is 5.43. The van der Waals surface area contributed by atoms with Crippen molar-refractivity contribution in [1.82, 2.24) is 9.97 Å². The van der Waals surface area contributed by atoms with Gasteiger partial charge in [0.15, 0.2) is 0 Å². The quantitative estimate of drug-likeness (QED) is 0.635. The lowest BCUT2D eigenvalue weighted by atomic mass is 10.1. The highest BCUT2D eigenvalue weighted by Crippen LogP contribution is 2.21. The summed E-state index contributed by atoms with van der Waals surface area (Å²) >= 11 is 0. The lowest BCUT2D eigenvalue weighted by Gasteiger charge is -2.21. The number of rotatable bonds is 3. The van der Waals surface area contributed by atoms with Crippen molar-refractivity contribution >= 4 is 11.8 Å². The molecular formula is C13H23N5. The first-order valence-corrected chi connectivity index (χ1v) is 6.81. The van der Waals surface area contributed by atoms with Crippen molar-refractivity contribution in [3.8, 4) is 0 Å². The van der Waals surface area contributed by atoms with Gasteiger partial charge in [0.05, 0.1) is 5.69 Å². The number of nitrogens with two attached hydrogens (primary N) is 1. The van der Waals surface area contributed by atoms with Crippen LogP contribution in [-0.2, 0) is 0 Å². The van der Waals surface area contributed by atoms with Crippen LogP contribution in [0.5, 0.6) is 0 Å². The van der Waals surface area contributed by atoms with E-state index < -0.39 is 0 Å². The Kier molecular flexibility index (Phi) is 4.36. The number of hydrazine groups is 1. The van der Waals surface area contributed by atoms with Crippen molar-refractivity contribution in [3.05, 3.63) is 11.8 Å². The van der Waals surface area contributed by atoms with E-state index in [2.05, 4.69) is 34.1 Å². The third-order valence-electron chi connectivity index (χ3n) is 3.36. The summed E-state index contributed by atoms with van der Waals surface area (Å²) in [4.78, 5) is 11.4. The molecule has 0 aromatic carbocycles. The Morgan fingerprint density at radius 3 is 2.39 bits per heavy atom. The molecule has 0 radical (unpaired) electrons.